The van der Waals surface area contributed by atoms with Crippen LogP contribution in [0.5, 0.6) is 0 Å². The topological polar surface area (TPSA) is 54.2 Å². The Morgan fingerprint density at radius 3 is 2.71 bits per heavy atom. The van der Waals surface area contributed by atoms with E-state index in [0.29, 0.717) is 5.92 Å². The number of aryl methyl sites for hydroxylation is 1. The average Bonchev–Trinajstić information content (AvgIpc) is 2.55. The summed E-state index contributed by atoms with van der Waals surface area (Å²) in [4.78, 5) is 6.76. The fourth-order valence-electron chi connectivity index (χ4n) is 3.00. The number of nitrogen functional groups attached to an aromatic ring is 1. The van der Waals surface area contributed by atoms with Crippen LogP contribution < -0.4 is 16.0 Å². The molecule has 0 aliphatic rings. The minimum absolute atomic E-state index is 0.519. The minimum Gasteiger partial charge on any atom is -0.395 e. The molecular formula is C20H28N4. The van der Waals surface area contributed by atoms with E-state index in [9.17, 15) is 0 Å². The molecule has 0 bridgehead atoms. The molecular weight excluding hydrogens is 296 g/mol. The highest BCUT2D eigenvalue weighted by molar-refractivity contribution is 5.83. The van der Waals surface area contributed by atoms with Crippen LogP contribution in [0.1, 0.15) is 30.7 Å². The fourth-order valence-corrected chi connectivity index (χ4v) is 3.00. The van der Waals surface area contributed by atoms with Gasteiger partial charge in [0.15, 0.2) is 0 Å². The highest BCUT2D eigenvalue weighted by Gasteiger charge is 2.18. The van der Waals surface area contributed by atoms with Gasteiger partial charge in [0.2, 0.25) is 0 Å². The summed E-state index contributed by atoms with van der Waals surface area (Å²) in [6.45, 7) is 12.1. The van der Waals surface area contributed by atoms with Crippen molar-refractivity contribution in [1.82, 2.24) is 4.98 Å². The second-order valence-corrected chi connectivity index (χ2v) is 6.47. The van der Waals surface area contributed by atoms with Gasteiger partial charge in [-0.15, -0.1) is 0 Å². The first-order valence-corrected chi connectivity index (χ1v) is 8.36. The van der Waals surface area contributed by atoms with Crippen molar-refractivity contribution < 1.29 is 0 Å². The molecule has 0 spiro atoms. The number of anilines is 3. The molecule has 0 aliphatic heterocycles. The van der Waals surface area contributed by atoms with Crippen LogP contribution in [0, 0.1) is 12.8 Å². The number of rotatable bonds is 7. The molecule has 0 aliphatic carbocycles. The molecule has 0 amide bonds. The minimum atomic E-state index is 0.519. The largest absolute Gasteiger partial charge is 0.395 e. The zero-order valence-corrected chi connectivity index (χ0v) is 15.1. The fraction of sp³-hybridized carbons (Fsp3) is 0.350. The molecule has 1 heterocycles. The average molecular weight is 324 g/mol. The Kier molecular flexibility index (Phi) is 5.85. The smallest absolute Gasteiger partial charge is 0.0790 e. The van der Waals surface area contributed by atoms with Crippen LogP contribution in [0.2, 0.25) is 0 Å². The number of nitrogens with two attached hydrogens (primary N) is 1. The van der Waals surface area contributed by atoms with Gasteiger partial charge in [-0.2, -0.15) is 0 Å². The second kappa shape index (κ2) is 7.86. The van der Waals surface area contributed by atoms with Crippen LogP contribution in [0.25, 0.3) is 6.08 Å². The van der Waals surface area contributed by atoms with Gasteiger partial charge in [-0.25, -0.2) is 0 Å². The van der Waals surface area contributed by atoms with Crippen LogP contribution in [0.15, 0.2) is 37.0 Å². The van der Waals surface area contributed by atoms with Crippen LogP contribution in [0.4, 0.5) is 17.1 Å². The number of pyridine rings is 1. The molecule has 3 N–H and O–H groups in total. The summed E-state index contributed by atoms with van der Waals surface area (Å²) in [6.07, 6.45) is 3.61. The third-order valence-corrected chi connectivity index (χ3v) is 4.07. The van der Waals surface area contributed by atoms with E-state index in [1.54, 1.807) is 6.20 Å². The monoisotopic (exact) mass is 324 g/mol. The van der Waals surface area contributed by atoms with E-state index in [-0.39, 0.29) is 0 Å². The zero-order chi connectivity index (χ0) is 17.7. The van der Waals surface area contributed by atoms with E-state index in [0.717, 1.165) is 41.4 Å². The van der Waals surface area contributed by atoms with E-state index >= 15 is 0 Å². The van der Waals surface area contributed by atoms with Gasteiger partial charge in [0, 0.05) is 26.3 Å². The Morgan fingerprint density at radius 2 is 2.08 bits per heavy atom. The highest BCUT2D eigenvalue weighted by Crippen LogP contribution is 2.35. The number of benzene rings is 1. The molecule has 1 aromatic heterocycles. The molecule has 128 valence electrons. The van der Waals surface area contributed by atoms with Crippen LogP contribution in [0.3, 0.4) is 0 Å². The molecule has 0 saturated heterocycles. The number of nitrogens with zero attached hydrogens (tertiary/aromatic N) is 2. The quantitative estimate of drug-likeness (QED) is 0.745. The van der Waals surface area contributed by atoms with Gasteiger partial charge in [0.05, 0.1) is 22.8 Å². The van der Waals surface area contributed by atoms with Crippen molar-refractivity contribution >= 4 is 23.1 Å². The summed E-state index contributed by atoms with van der Waals surface area (Å²) in [5, 5.41) is 3.18. The maximum atomic E-state index is 6.46. The molecule has 2 rings (SSSR count). The molecule has 24 heavy (non-hydrogen) atoms. The number of aromatic nitrogens is 1. The van der Waals surface area contributed by atoms with Crippen LogP contribution in [-0.4, -0.2) is 18.6 Å². The Labute approximate surface area is 145 Å². The molecule has 1 aromatic carbocycles. The SMILES string of the molecule is C=Cc1ncccc1CN(CC(C)C)c1c(C)ccc(NC)c1N. The first-order chi connectivity index (χ1) is 11.5. The highest BCUT2D eigenvalue weighted by atomic mass is 15.1. The number of hydrogen-bond acceptors (Lipinski definition) is 4. The molecule has 4 nitrogen and oxygen atoms in total. The lowest BCUT2D eigenvalue weighted by Crippen LogP contribution is -2.29. The molecule has 2 aromatic rings. The third kappa shape index (κ3) is 3.88. The number of nitrogens with one attached hydrogen (secondary N) is 1. The first-order valence-electron chi connectivity index (χ1n) is 8.36. The van der Waals surface area contributed by atoms with E-state index in [4.69, 9.17) is 5.73 Å². The summed E-state index contributed by atoms with van der Waals surface area (Å²) >= 11 is 0. The lowest BCUT2D eigenvalue weighted by molar-refractivity contribution is 0.608. The van der Waals surface area contributed by atoms with Gasteiger partial charge >= 0.3 is 0 Å². The van der Waals surface area contributed by atoms with E-state index < -0.39 is 0 Å². The van der Waals surface area contributed by atoms with Crippen molar-refractivity contribution in [3.05, 3.63) is 53.9 Å². The number of hydrogen-bond donors (Lipinski definition) is 2. The molecule has 0 unspecified atom stereocenters. The second-order valence-electron chi connectivity index (χ2n) is 6.47. The van der Waals surface area contributed by atoms with Crippen molar-refractivity contribution in [2.45, 2.75) is 27.3 Å². The summed E-state index contributed by atoms with van der Waals surface area (Å²) in [5.74, 6) is 0.519. The van der Waals surface area contributed by atoms with Gasteiger partial charge in [-0.05, 0) is 42.2 Å². The molecule has 0 saturated carbocycles. The third-order valence-electron chi connectivity index (χ3n) is 4.07. The molecule has 0 radical (unpaired) electrons. The van der Waals surface area contributed by atoms with E-state index in [2.05, 4.69) is 54.7 Å². The van der Waals surface area contributed by atoms with Crippen molar-refractivity contribution in [1.29, 1.82) is 0 Å². The van der Waals surface area contributed by atoms with Gasteiger partial charge < -0.3 is 16.0 Å². The zero-order valence-electron chi connectivity index (χ0n) is 15.1. The normalized spacial score (nSPS) is 10.7. The van der Waals surface area contributed by atoms with Crippen molar-refractivity contribution in [3.63, 3.8) is 0 Å². The predicted molar refractivity (Wildman–Crippen MR) is 105 cm³/mol. The molecule has 0 atom stereocenters. The molecule has 4 heteroatoms. The Bertz CT molecular complexity index is 707. The first kappa shape index (κ1) is 17.9. The Hall–Kier alpha value is -2.49. The van der Waals surface area contributed by atoms with Crippen LogP contribution >= 0.6 is 0 Å². The Balaban J connectivity index is 2.48. The Morgan fingerprint density at radius 1 is 1.33 bits per heavy atom. The maximum Gasteiger partial charge on any atom is 0.0790 e. The predicted octanol–water partition coefficient (Wildman–Crippen LogP) is 4.32. The van der Waals surface area contributed by atoms with Crippen LogP contribution in [-0.2, 0) is 6.54 Å². The summed E-state index contributed by atoms with van der Waals surface area (Å²) < 4.78 is 0. The van der Waals surface area contributed by atoms with E-state index in [1.165, 1.54) is 5.56 Å². The molecule has 0 fully saturated rings. The summed E-state index contributed by atoms with van der Waals surface area (Å²) in [6, 6.07) is 8.21. The van der Waals surface area contributed by atoms with Gasteiger partial charge in [0.1, 0.15) is 0 Å². The van der Waals surface area contributed by atoms with Gasteiger partial charge in [-0.1, -0.05) is 32.6 Å². The standard InChI is InChI=1S/C20H28N4/c1-6-17-16(8-7-11-23-17)13-24(12-14(2)3)20-15(4)9-10-18(22-5)19(20)21/h6-11,14,22H,1,12-13,21H2,2-5H3. The van der Waals surface area contributed by atoms with Gasteiger partial charge in [0.25, 0.3) is 0 Å². The lowest BCUT2D eigenvalue weighted by atomic mass is 10.1. The summed E-state index contributed by atoms with van der Waals surface area (Å²) in [5.41, 5.74) is 12.6. The van der Waals surface area contributed by atoms with Gasteiger partial charge in [-0.3, -0.25) is 4.98 Å². The van der Waals surface area contributed by atoms with Crippen molar-refractivity contribution in [2.75, 3.05) is 29.5 Å². The van der Waals surface area contributed by atoms with Crippen molar-refractivity contribution in [3.8, 4) is 0 Å². The van der Waals surface area contributed by atoms with E-state index in [1.807, 2.05) is 25.3 Å². The summed E-state index contributed by atoms with van der Waals surface area (Å²) in [7, 11) is 1.90. The maximum absolute atomic E-state index is 6.46. The lowest BCUT2D eigenvalue weighted by Gasteiger charge is -2.30. The van der Waals surface area contributed by atoms with Crippen molar-refractivity contribution in [2.24, 2.45) is 5.92 Å².